The van der Waals surface area contributed by atoms with Crippen LogP contribution >= 0.6 is 11.8 Å². The molecule has 1 aliphatic heterocycles. The van der Waals surface area contributed by atoms with Gasteiger partial charge in [-0.15, -0.1) is 0 Å². The maximum atomic E-state index is 5.46. The van der Waals surface area contributed by atoms with Crippen LogP contribution in [0.2, 0.25) is 0 Å². The first-order valence-electron chi connectivity index (χ1n) is 5.49. The lowest BCUT2D eigenvalue weighted by Crippen LogP contribution is -2.11. The molecule has 2 N–H and O–H groups in total. The highest BCUT2D eigenvalue weighted by Crippen LogP contribution is 2.30. The van der Waals surface area contributed by atoms with Gasteiger partial charge in [-0.2, -0.15) is 11.8 Å². The Bertz CT molecular complexity index is 293. The van der Waals surface area contributed by atoms with Gasteiger partial charge in [-0.25, -0.2) is 9.97 Å². The maximum absolute atomic E-state index is 5.46. The minimum absolute atomic E-state index is 0.624. The van der Waals surface area contributed by atoms with Gasteiger partial charge in [0.25, 0.3) is 0 Å². The summed E-state index contributed by atoms with van der Waals surface area (Å²) < 4.78 is 0. The first kappa shape index (κ1) is 10.9. The monoisotopic (exact) mass is 223 g/mol. The van der Waals surface area contributed by atoms with Crippen LogP contribution in [0.3, 0.4) is 0 Å². The lowest BCUT2D eigenvalue weighted by molar-refractivity contribution is 0.652. The fourth-order valence-electron chi connectivity index (χ4n) is 1.84. The van der Waals surface area contributed by atoms with Crippen molar-refractivity contribution in [1.82, 2.24) is 9.97 Å². The number of nitrogens with two attached hydrogens (primary N) is 1. The Balaban J connectivity index is 2.02. The number of hydrogen-bond donors (Lipinski definition) is 1. The summed E-state index contributed by atoms with van der Waals surface area (Å²) in [7, 11) is 0. The van der Waals surface area contributed by atoms with Crippen molar-refractivity contribution < 1.29 is 0 Å². The molecule has 0 radical (unpaired) electrons. The fraction of sp³-hybridized carbons (Fsp3) is 0.636. The zero-order chi connectivity index (χ0) is 10.5. The van der Waals surface area contributed by atoms with E-state index in [1.165, 1.54) is 29.9 Å². The molecular weight excluding hydrogens is 206 g/mol. The average Bonchev–Trinajstić information content (AvgIpc) is 2.32. The molecule has 0 amide bonds. The van der Waals surface area contributed by atoms with E-state index in [2.05, 4.69) is 9.97 Å². The van der Waals surface area contributed by atoms with Crippen molar-refractivity contribution >= 4 is 11.8 Å². The van der Waals surface area contributed by atoms with Gasteiger partial charge in [0.15, 0.2) is 0 Å². The van der Waals surface area contributed by atoms with E-state index in [4.69, 9.17) is 5.73 Å². The Morgan fingerprint density at radius 1 is 1.40 bits per heavy atom. The summed E-state index contributed by atoms with van der Waals surface area (Å²) in [5.74, 6) is 4.06. The molecule has 82 valence electrons. The Morgan fingerprint density at radius 3 is 2.80 bits per heavy atom. The molecule has 1 aliphatic rings. The van der Waals surface area contributed by atoms with Crippen molar-refractivity contribution in [2.45, 2.75) is 25.2 Å². The second-order valence-corrected chi connectivity index (χ2v) is 5.04. The van der Waals surface area contributed by atoms with Gasteiger partial charge in [0.2, 0.25) is 0 Å². The van der Waals surface area contributed by atoms with Crippen molar-refractivity contribution in [2.24, 2.45) is 5.73 Å². The molecule has 0 spiro atoms. The fourth-order valence-corrected chi connectivity index (χ4v) is 3.02. The standard InChI is InChI=1S/C11H17N3S/c12-4-3-11-13-6-10(7-14-11)9-2-1-5-15-8-9/h6-7,9H,1-5,8,12H2. The molecule has 15 heavy (non-hydrogen) atoms. The summed E-state index contributed by atoms with van der Waals surface area (Å²) in [5, 5.41) is 0. The van der Waals surface area contributed by atoms with Crippen molar-refractivity contribution in [3.8, 4) is 0 Å². The van der Waals surface area contributed by atoms with E-state index in [1.807, 2.05) is 24.2 Å². The normalized spacial score (nSPS) is 21.5. The average molecular weight is 223 g/mol. The molecule has 1 atom stereocenters. The van der Waals surface area contributed by atoms with Gasteiger partial charge < -0.3 is 5.73 Å². The molecule has 3 nitrogen and oxygen atoms in total. The van der Waals surface area contributed by atoms with E-state index in [-0.39, 0.29) is 0 Å². The topological polar surface area (TPSA) is 51.8 Å². The molecule has 2 rings (SSSR count). The number of rotatable bonds is 3. The van der Waals surface area contributed by atoms with Crippen LogP contribution < -0.4 is 5.73 Å². The molecule has 1 aromatic heterocycles. The van der Waals surface area contributed by atoms with E-state index in [0.717, 1.165) is 12.2 Å². The highest BCUT2D eigenvalue weighted by atomic mass is 32.2. The predicted molar refractivity (Wildman–Crippen MR) is 64.1 cm³/mol. The second-order valence-electron chi connectivity index (χ2n) is 3.89. The van der Waals surface area contributed by atoms with Crippen molar-refractivity contribution in [1.29, 1.82) is 0 Å². The Kier molecular flexibility index (Phi) is 3.97. The lowest BCUT2D eigenvalue weighted by atomic mass is 9.99. The second kappa shape index (κ2) is 5.47. The summed E-state index contributed by atoms with van der Waals surface area (Å²) >= 11 is 2.04. The number of hydrogen-bond acceptors (Lipinski definition) is 4. The van der Waals surface area contributed by atoms with Crippen LogP contribution in [-0.4, -0.2) is 28.0 Å². The van der Waals surface area contributed by atoms with Crippen LogP contribution in [-0.2, 0) is 6.42 Å². The van der Waals surface area contributed by atoms with E-state index < -0.39 is 0 Å². The number of thioether (sulfide) groups is 1. The molecule has 0 aromatic carbocycles. The summed E-state index contributed by atoms with van der Waals surface area (Å²) in [4.78, 5) is 8.69. The SMILES string of the molecule is NCCc1ncc(C2CCCSC2)cn1. The molecule has 1 saturated heterocycles. The van der Waals surface area contributed by atoms with Gasteiger partial charge in [-0.3, -0.25) is 0 Å². The third-order valence-corrected chi connectivity index (χ3v) is 3.94. The zero-order valence-corrected chi connectivity index (χ0v) is 9.67. The quantitative estimate of drug-likeness (QED) is 0.845. The molecule has 4 heteroatoms. The third-order valence-electron chi connectivity index (χ3n) is 2.72. The summed E-state index contributed by atoms with van der Waals surface area (Å²) in [6.07, 6.45) is 7.34. The first-order chi connectivity index (χ1) is 7.40. The molecule has 1 aromatic rings. The molecule has 1 fully saturated rings. The van der Waals surface area contributed by atoms with Gasteiger partial charge >= 0.3 is 0 Å². The Morgan fingerprint density at radius 2 is 2.20 bits per heavy atom. The predicted octanol–water partition coefficient (Wildman–Crippen LogP) is 1.59. The number of nitrogens with zero attached hydrogens (tertiary/aromatic N) is 2. The minimum Gasteiger partial charge on any atom is -0.330 e. The molecular formula is C11H17N3S. The lowest BCUT2D eigenvalue weighted by Gasteiger charge is -2.20. The molecule has 1 unspecified atom stereocenters. The van der Waals surface area contributed by atoms with Crippen LogP contribution in [0.4, 0.5) is 0 Å². The van der Waals surface area contributed by atoms with Crippen LogP contribution in [0, 0.1) is 0 Å². The van der Waals surface area contributed by atoms with E-state index in [9.17, 15) is 0 Å². The van der Waals surface area contributed by atoms with Crippen LogP contribution in [0.25, 0.3) is 0 Å². The van der Waals surface area contributed by atoms with Crippen molar-refractivity contribution in [3.05, 3.63) is 23.8 Å². The highest BCUT2D eigenvalue weighted by Gasteiger charge is 2.16. The van der Waals surface area contributed by atoms with E-state index in [1.54, 1.807) is 0 Å². The summed E-state index contributed by atoms with van der Waals surface area (Å²) in [6.45, 7) is 0.624. The third kappa shape index (κ3) is 2.92. The molecule has 0 saturated carbocycles. The molecule has 0 bridgehead atoms. The first-order valence-corrected chi connectivity index (χ1v) is 6.64. The Hall–Kier alpha value is -0.610. The maximum Gasteiger partial charge on any atom is 0.129 e. The minimum atomic E-state index is 0.624. The van der Waals surface area contributed by atoms with Gasteiger partial charge in [0.1, 0.15) is 5.82 Å². The van der Waals surface area contributed by atoms with Crippen LogP contribution in [0.5, 0.6) is 0 Å². The summed E-state index contributed by atoms with van der Waals surface area (Å²) in [5.41, 5.74) is 6.75. The summed E-state index contributed by atoms with van der Waals surface area (Å²) in [6, 6.07) is 0. The smallest absolute Gasteiger partial charge is 0.129 e. The van der Waals surface area contributed by atoms with Gasteiger partial charge in [0, 0.05) is 24.6 Å². The van der Waals surface area contributed by atoms with Gasteiger partial charge in [0.05, 0.1) is 0 Å². The molecule has 2 heterocycles. The van der Waals surface area contributed by atoms with Gasteiger partial charge in [-0.1, -0.05) is 0 Å². The van der Waals surface area contributed by atoms with Gasteiger partial charge in [-0.05, 0) is 36.6 Å². The van der Waals surface area contributed by atoms with Crippen molar-refractivity contribution in [2.75, 3.05) is 18.1 Å². The van der Waals surface area contributed by atoms with Crippen LogP contribution in [0.15, 0.2) is 12.4 Å². The van der Waals surface area contributed by atoms with E-state index >= 15 is 0 Å². The van der Waals surface area contributed by atoms with Crippen LogP contribution in [0.1, 0.15) is 30.1 Å². The van der Waals surface area contributed by atoms with E-state index in [0.29, 0.717) is 12.5 Å². The molecule has 0 aliphatic carbocycles. The highest BCUT2D eigenvalue weighted by molar-refractivity contribution is 7.99. The largest absolute Gasteiger partial charge is 0.330 e. The van der Waals surface area contributed by atoms with Crippen molar-refractivity contribution in [3.63, 3.8) is 0 Å². The zero-order valence-electron chi connectivity index (χ0n) is 8.85. The number of aromatic nitrogens is 2. The Labute approximate surface area is 94.9 Å².